The zero-order valence-electron chi connectivity index (χ0n) is 11.9. The van der Waals surface area contributed by atoms with Gasteiger partial charge in [0, 0.05) is 29.8 Å². The van der Waals surface area contributed by atoms with Crippen LogP contribution in [0.2, 0.25) is 0 Å². The number of hydrogen-bond acceptors (Lipinski definition) is 3. The van der Waals surface area contributed by atoms with E-state index in [1.165, 1.54) is 0 Å². The van der Waals surface area contributed by atoms with E-state index in [0.717, 1.165) is 18.4 Å². The molecular weight excluding hydrogens is 254 g/mol. The van der Waals surface area contributed by atoms with Crippen LogP contribution in [0.4, 0.5) is 5.69 Å². The minimum atomic E-state index is -0.252. The van der Waals surface area contributed by atoms with Crippen LogP contribution in [0.15, 0.2) is 18.2 Å². The van der Waals surface area contributed by atoms with Crippen LogP contribution in [0.5, 0.6) is 0 Å². The molecule has 5 nitrogen and oxygen atoms in total. The van der Waals surface area contributed by atoms with E-state index in [2.05, 4.69) is 10.6 Å². The highest BCUT2D eigenvalue weighted by Gasteiger charge is 2.24. The van der Waals surface area contributed by atoms with Gasteiger partial charge >= 0.3 is 0 Å². The molecule has 0 heterocycles. The molecule has 1 aliphatic carbocycles. The Morgan fingerprint density at radius 1 is 1.40 bits per heavy atom. The third-order valence-corrected chi connectivity index (χ3v) is 3.47. The normalized spacial score (nSPS) is 15.6. The smallest absolute Gasteiger partial charge is 0.251 e. The van der Waals surface area contributed by atoms with Gasteiger partial charge in [-0.2, -0.15) is 0 Å². The Morgan fingerprint density at radius 2 is 2.10 bits per heavy atom. The van der Waals surface area contributed by atoms with Crippen LogP contribution in [0.1, 0.15) is 35.7 Å². The van der Waals surface area contributed by atoms with Gasteiger partial charge in [0.1, 0.15) is 0 Å². The summed E-state index contributed by atoms with van der Waals surface area (Å²) in [6.07, 6.45) is 2.10. The van der Waals surface area contributed by atoms with Gasteiger partial charge in [-0.1, -0.05) is 13.0 Å². The number of nitrogens with two attached hydrogens (primary N) is 1. The summed E-state index contributed by atoms with van der Waals surface area (Å²) in [5.74, 6) is -0.469. The maximum atomic E-state index is 12.0. The molecule has 1 fully saturated rings. The maximum absolute atomic E-state index is 12.0. The van der Waals surface area contributed by atoms with E-state index in [1.807, 2.05) is 13.0 Å². The topological polar surface area (TPSA) is 84.2 Å². The average Bonchev–Trinajstić information content (AvgIpc) is 3.23. The largest absolute Gasteiger partial charge is 0.349 e. The lowest BCUT2D eigenvalue weighted by atomic mass is 10.1. The highest BCUT2D eigenvalue weighted by Crippen LogP contribution is 2.21. The summed E-state index contributed by atoms with van der Waals surface area (Å²) in [7, 11) is 0. The van der Waals surface area contributed by atoms with Crippen LogP contribution in [-0.4, -0.2) is 24.4 Å². The summed E-state index contributed by atoms with van der Waals surface area (Å²) in [6, 6.07) is 5.65. The van der Waals surface area contributed by atoms with E-state index in [4.69, 9.17) is 5.73 Å². The molecule has 2 amide bonds. The number of carbonyl (C=O) groups excluding carboxylic acids is 2. The van der Waals surface area contributed by atoms with Crippen LogP contribution >= 0.6 is 0 Å². The quantitative estimate of drug-likeness (QED) is 0.760. The van der Waals surface area contributed by atoms with Crippen molar-refractivity contribution in [2.45, 2.75) is 32.7 Å². The van der Waals surface area contributed by atoms with Gasteiger partial charge in [0.25, 0.3) is 5.91 Å². The first kappa shape index (κ1) is 14.5. The Morgan fingerprint density at radius 3 is 2.70 bits per heavy atom. The Labute approximate surface area is 118 Å². The molecule has 2 rings (SSSR count). The molecule has 0 bridgehead atoms. The molecule has 0 saturated heterocycles. The molecule has 1 unspecified atom stereocenters. The number of nitrogens with one attached hydrogen (secondary N) is 2. The molecular formula is C15H21N3O2. The summed E-state index contributed by atoms with van der Waals surface area (Å²) in [5, 5.41) is 5.76. The Bertz CT molecular complexity index is 524. The van der Waals surface area contributed by atoms with Crippen molar-refractivity contribution in [3.05, 3.63) is 29.3 Å². The Kier molecular flexibility index (Phi) is 4.39. The lowest BCUT2D eigenvalue weighted by molar-refractivity contribution is -0.119. The molecule has 108 valence electrons. The summed E-state index contributed by atoms with van der Waals surface area (Å²) >= 11 is 0. The van der Waals surface area contributed by atoms with Crippen LogP contribution < -0.4 is 16.4 Å². The highest BCUT2D eigenvalue weighted by molar-refractivity contribution is 5.98. The minimum Gasteiger partial charge on any atom is -0.349 e. The summed E-state index contributed by atoms with van der Waals surface area (Å²) in [5.41, 5.74) is 7.63. The van der Waals surface area contributed by atoms with Crippen molar-refractivity contribution in [2.75, 3.05) is 11.9 Å². The van der Waals surface area contributed by atoms with Gasteiger partial charge in [-0.05, 0) is 37.5 Å². The maximum Gasteiger partial charge on any atom is 0.251 e. The molecule has 0 aliphatic heterocycles. The molecule has 0 radical (unpaired) electrons. The van der Waals surface area contributed by atoms with E-state index in [1.54, 1.807) is 19.1 Å². The van der Waals surface area contributed by atoms with Crippen molar-refractivity contribution in [3.8, 4) is 0 Å². The Hall–Kier alpha value is -1.88. The number of benzene rings is 1. The van der Waals surface area contributed by atoms with Crippen molar-refractivity contribution in [1.29, 1.82) is 0 Å². The summed E-state index contributed by atoms with van der Waals surface area (Å²) in [4.78, 5) is 23.9. The standard InChI is InChI=1S/C15H21N3O2/c1-9-3-4-11(15(20)17-12-5-6-12)7-13(9)18-14(19)10(2)8-16/h3-4,7,10,12H,5-6,8,16H2,1-2H3,(H,17,20)(H,18,19). The van der Waals surface area contributed by atoms with Crippen molar-refractivity contribution < 1.29 is 9.59 Å². The van der Waals surface area contributed by atoms with Crippen LogP contribution in [-0.2, 0) is 4.79 Å². The number of hydrogen-bond donors (Lipinski definition) is 3. The zero-order valence-corrected chi connectivity index (χ0v) is 11.9. The van der Waals surface area contributed by atoms with Gasteiger partial charge in [0.05, 0.1) is 0 Å². The lowest BCUT2D eigenvalue weighted by Crippen LogP contribution is -2.28. The number of carbonyl (C=O) groups is 2. The van der Waals surface area contributed by atoms with E-state index >= 15 is 0 Å². The van der Waals surface area contributed by atoms with Crippen LogP contribution in [0, 0.1) is 12.8 Å². The lowest BCUT2D eigenvalue weighted by Gasteiger charge is -2.13. The number of amides is 2. The van der Waals surface area contributed by atoms with Crippen LogP contribution in [0.25, 0.3) is 0 Å². The predicted molar refractivity (Wildman–Crippen MR) is 78.5 cm³/mol. The second kappa shape index (κ2) is 6.05. The molecule has 1 atom stereocenters. The average molecular weight is 275 g/mol. The van der Waals surface area contributed by atoms with Crippen molar-refractivity contribution >= 4 is 17.5 Å². The number of rotatable bonds is 5. The monoisotopic (exact) mass is 275 g/mol. The molecule has 20 heavy (non-hydrogen) atoms. The number of aryl methyl sites for hydroxylation is 1. The van der Waals surface area contributed by atoms with E-state index in [0.29, 0.717) is 23.8 Å². The molecule has 0 spiro atoms. The molecule has 4 N–H and O–H groups in total. The molecule has 1 saturated carbocycles. The highest BCUT2D eigenvalue weighted by atomic mass is 16.2. The van der Waals surface area contributed by atoms with Gasteiger partial charge in [-0.25, -0.2) is 0 Å². The van der Waals surface area contributed by atoms with Gasteiger partial charge in [-0.3, -0.25) is 9.59 Å². The zero-order chi connectivity index (χ0) is 14.7. The molecule has 1 aromatic carbocycles. The first-order valence-corrected chi connectivity index (χ1v) is 6.93. The fraction of sp³-hybridized carbons (Fsp3) is 0.467. The van der Waals surface area contributed by atoms with Gasteiger partial charge in [0.2, 0.25) is 5.91 Å². The van der Waals surface area contributed by atoms with E-state index < -0.39 is 0 Å². The third-order valence-electron chi connectivity index (χ3n) is 3.47. The summed E-state index contributed by atoms with van der Waals surface area (Å²) < 4.78 is 0. The second-order valence-electron chi connectivity index (χ2n) is 5.40. The SMILES string of the molecule is Cc1ccc(C(=O)NC2CC2)cc1NC(=O)C(C)CN. The molecule has 0 aromatic heterocycles. The predicted octanol–water partition coefficient (Wildman–Crippen LogP) is 1.42. The Balaban J connectivity index is 2.11. The van der Waals surface area contributed by atoms with Gasteiger partial charge < -0.3 is 16.4 Å². The van der Waals surface area contributed by atoms with E-state index in [9.17, 15) is 9.59 Å². The molecule has 1 aromatic rings. The molecule has 1 aliphatic rings. The van der Waals surface area contributed by atoms with Crippen molar-refractivity contribution in [3.63, 3.8) is 0 Å². The van der Waals surface area contributed by atoms with Crippen molar-refractivity contribution in [1.82, 2.24) is 5.32 Å². The summed E-state index contributed by atoms with van der Waals surface area (Å²) in [6.45, 7) is 3.96. The van der Waals surface area contributed by atoms with Gasteiger partial charge in [-0.15, -0.1) is 0 Å². The fourth-order valence-electron chi connectivity index (χ4n) is 1.76. The number of anilines is 1. The van der Waals surface area contributed by atoms with Crippen LogP contribution in [0.3, 0.4) is 0 Å². The van der Waals surface area contributed by atoms with E-state index in [-0.39, 0.29) is 17.7 Å². The fourth-order valence-corrected chi connectivity index (χ4v) is 1.76. The minimum absolute atomic E-state index is 0.0881. The first-order valence-electron chi connectivity index (χ1n) is 6.93. The third kappa shape index (κ3) is 3.57. The second-order valence-corrected chi connectivity index (χ2v) is 5.40. The van der Waals surface area contributed by atoms with Gasteiger partial charge in [0.15, 0.2) is 0 Å². The molecule has 5 heteroatoms. The first-order chi connectivity index (χ1) is 9.51. The van der Waals surface area contributed by atoms with Crippen molar-refractivity contribution in [2.24, 2.45) is 11.7 Å².